The molecular weight excluding hydrogens is 596 g/mol. The fourth-order valence-electron chi connectivity index (χ4n) is 6.96. The van der Waals surface area contributed by atoms with Gasteiger partial charge in [-0.2, -0.15) is 0 Å². The van der Waals surface area contributed by atoms with Crippen LogP contribution in [0.4, 0.5) is 10.1 Å². The van der Waals surface area contributed by atoms with E-state index in [4.69, 9.17) is 4.74 Å². The molecule has 0 bridgehead atoms. The molecule has 7 rings (SSSR count). The molecule has 6 atom stereocenters. The van der Waals surface area contributed by atoms with Gasteiger partial charge < -0.3 is 29.6 Å². The second kappa shape index (κ2) is 10.7. The molecule has 2 aromatic carbocycles. The highest BCUT2D eigenvalue weighted by atomic mass is 32.1. The molecule has 3 aromatic rings. The van der Waals surface area contributed by atoms with Crippen LogP contribution in [0.1, 0.15) is 53.3 Å². The molecule has 3 fully saturated rings. The number of para-hydroxylation sites is 2. The zero-order chi connectivity index (χ0) is 30.0. The van der Waals surface area contributed by atoms with Crippen molar-refractivity contribution in [3.05, 3.63) is 59.0 Å². The van der Waals surface area contributed by atoms with Gasteiger partial charge in [-0.25, -0.2) is 4.39 Å². The summed E-state index contributed by atoms with van der Waals surface area (Å²) < 4.78 is 32.1. The molecule has 13 heteroatoms. The van der Waals surface area contributed by atoms with E-state index in [-0.39, 0.29) is 23.4 Å². The SMILES string of the molecule is O=C(N[C@H]1C[C@@H]2C[C@@H]2C[C@H]2CC[C@@H](C(=O)N3CCOc4ccccc43)N2C1=O)c1cc2cc(C(F)P(=O)(O)O)ccc2s1. The number of nitrogens with one attached hydrogen (secondary N) is 1. The Labute approximate surface area is 251 Å². The quantitative estimate of drug-likeness (QED) is 0.358. The lowest BCUT2D eigenvalue weighted by atomic mass is 9.99. The van der Waals surface area contributed by atoms with E-state index in [1.165, 1.54) is 18.2 Å². The molecule has 3 amide bonds. The van der Waals surface area contributed by atoms with E-state index in [2.05, 4.69) is 5.32 Å². The first kappa shape index (κ1) is 28.5. The van der Waals surface area contributed by atoms with Crippen LogP contribution in [-0.4, -0.2) is 63.7 Å². The number of carbonyl (C=O) groups excluding carboxylic acids is 3. The van der Waals surface area contributed by atoms with Crippen molar-refractivity contribution in [3.8, 4) is 5.75 Å². The molecule has 3 N–H and O–H groups in total. The second-order valence-corrected chi connectivity index (χ2v) is 14.6. The standard InChI is InChI=1S/C30H31FN3O7PS/c31-27(42(38,39)40)16-5-8-25-19(11-16)15-26(43-25)28(35)32-21-14-18-12-17(18)13-20-6-7-23(34(20)29(21)36)30(37)33-9-10-41-24-4-2-1-3-22(24)33/h1-5,8,11,15,17-18,20-21,23,27H,6-7,9-10,12-14H2,(H,32,35)(H2,38,39,40)/t17-,18+,20-,21+,23+,27?/m1/s1. The van der Waals surface area contributed by atoms with Crippen LogP contribution in [0.15, 0.2) is 48.5 Å². The largest absolute Gasteiger partial charge is 0.490 e. The Balaban J connectivity index is 1.13. The predicted molar refractivity (Wildman–Crippen MR) is 158 cm³/mol. The molecule has 0 spiro atoms. The van der Waals surface area contributed by atoms with Crippen LogP contribution >= 0.6 is 18.9 Å². The normalized spacial score (nSPS) is 27.3. The minimum atomic E-state index is -4.97. The third kappa shape index (κ3) is 5.24. The second-order valence-electron chi connectivity index (χ2n) is 11.9. The molecule has 43 heavy (non-hydrogen) atoms. The highest BCUT2D eigenvalue weighted by molar-refractivity contribution is 7.51. The van der Waals surface area contributed by atoms with Gasteiger partial charge in [-0.1, -0.05) is 18.2 Å². The molecular formula is C30H31FN3O7PS. The minimum absolute atomic E-state index is 0.0575. The molecule has 1 aromatic heterocycles. The zero-order valence-electron chi connectivity index (χ0n) is 23.1. The van der Waals surface area contributed by atoms with Crippen LogP contribution in [0, 0.1) is 11.8 Å². The molecule has 1 aliphatic carbocycles. The van der Waals surface area contributed by atoms with E-state index < -0.39 is 31.5 Å². The van der Waals surface area contributed by atoms with Crippen LogP contribution < -0.4 is 15.0 Å². The van der Waals surface area contributed by atoms with Gasteiger partial charge in [-0.15, -0.1) is 11.3 Å². The highest BCUT2D eigenvalue weighted by Crippen LogP contribution is 2.53. The zero-order valence-corrected chi connectivity index (χ0v) is 24.8. The number of nitrogens with zero attached hydrogens (tertiary/aromatic N) is 2. The first-order chi connectivity index (χ1) is 20.6. The average Bonchev–Trinajstić information content (AvgIpc) is 3.36. The van der Waals surface area contributed by atoms with E-state index in [9.17, 15) is 33.1 Å². The van der Waals surface area contributed by atoms with Crippen LogP contribution in [0.5, 0.6) is 5.75 Å². The Morgan fingerprint density at radius 1 is 1.07 bits per heavy atom. The van der Waals surface area contributed by atoms with Gasteiger partial charge in [0.2, 0.25) is 17.7 Å². The van der Waals surface area contributed by atoms with E-state index in [0.717, 1.165) is 30.6 Å². The average molecular weight is 628 g/mol. The first-order valence-corrected chi connectivity index (χ1v) is 17.0. The van der Waals surface area contributed by atoms with E-state index in [1.807, 2.05) is 24.3 Å². The molecule has 4 aliphatic rings. The maximum Gasteiger partial charge on any atom is 0.363 e. The summed E-state index contributed by atoms with van der Waals surface area (Å²) in [5.41, 5.74) is 0.529. The molecule has 1 unspecified atom stereocenters. The summed E-state index contributed by atoms with van der Waals surface area (Å²) in [6, 6.07) is 11.6. The van der Waals surface area contributed by atoms with Crippen LogP contribution in [0.3, 0.4) is 0 Å². The Morgan fingerprint density at radius 2 is 1.86 bits per heavy atom. The van der Waals surface area contributed by atoms with Gasteiger partial charge in [0.25, 0.3) is 5.91 Å². The number of fused-ring (bicyclic) bond motifs is 4. The molecule has 0 radical (unpaired) electrons. The van der Waals surface area contributed by atoms with Crippen molar-refractivity contribution in [2.45, 2.75) is 56.1 Å². The number of anilines is 1. The van der Waals surface area contributed by atoms with Gasteiger partial charge >= 0.3 is 7.60 Å². The number of amides is 3. The Morgan fingerprint density at radius 3 is 2.67 bits per heavy atom. The summed E-state index contributed by atoms with van der Waals surface area (Å²) in [4.78, 5) is 63.8. The van der Waals surface area contributed by atoms with Crippen molar-refractivity contribution in [2.24, 2.45) is 11.8 Å². The van der Waals surface area contributed by atoms with Crippen molar-refractivity contribution in [1.82, 2.24) is 10.2 Å². The lowest BCUT2D eigenvalue weighted by Crippen LogP contribution is -2.57. The lowest BCUT2D eigenvalue weighted by Gasteiger charge is -2.38. The first-order valence-electron chi connectivity index (χ1n) is 14.5. The number of rotatable bonds is 5. The third-order valence-electron chi connectivity index (χ3n) is 9.16. The van der Waals surface area contributed by atoms with Crippen molar-refractivity contribution < 1.29 is 37.9 Å². The number of thiophene rings is 1. The fraction of sp³-hybridized carbons (Fsp3) is 0.433. The van der Waals surface area contributed by atoms with Crippen molar-refractivity contribution >= 4 is 52.4 Å². The Hall–Kier alpha value is -3.31. The number of carbonyl (C=O) groups is 3. The van der Waals surface area contributed by atoms with Gasteiger partial charge in [0.05, 0.1) is 17.1 Å². The summed E-state index contributed by atoms with van der Waals surface area (Å²) in [6.07, 6.45) is 3.66. The molecule has 226 valence electrons. The van der Waals surface area contributed by atoms with Crippen molar-refractivity contribution in [2.75, 3.05) is 18.1 Å². The maximum absolute atomic E-state index is 14.3. The van der Waals surface area contributed by atoms with Gasteiger partial charge in [0.15, 0.2) is 0 Å². The Bertz CT molecular complexity index is 1680. The molecule has 10 nitrogen and oxygen atoms in total. The van der Waals surface area contributed by atoms with Gasteiger partial charge in [0.1, 0.15) is 24.4 Å². The molecule has 1 saturated carbocycles. The molecule has 2 saturated heterocycles. The monoisotopic (exact) mass is 627 g/mol. The van der Waals surface area contributed by atoms with E-state index in [0.29, 0.717) is 64.2 Å². The fourth-order valence-corrected chi connectivity index (χ4v) is 8.45. The van der Waals surface area contributed by atoms with Crippen LogP contribution in [0.25, 0.3) is 10.1 Å². The number of ether oxygens (including phenoxy) is 1. The number of benzene rings is 2. The highest BCUT2D eigenvalue weighted by Gasteiger charge is 2.52. The molecule has 3 aliphatic heterocycles. The van der Waals surface area contributed by atoms with Crippen LogP contribution in [0.2, 0.25) is 0 Å². The van der Waals surface area contributed by atoms with Gasteiger partial charge in [-0.05, 0) is 85.2 Å². The summed E-state index contributed by atoms with van der Waals surface area (Å²) in [7, 11) is -4.97. The van der Waals surface area contributed by atoms with Gasteiger partial charge in [-0.3, -0.25) is 18.9 Å². The van der Waals surface area contributed by atoms with Crippen LogP contribution in [-0.2, 0) is 14.2 Å². The minimum Gasteiger partial charge on any atom is -0.490 e. The number of alkyl halides is 1. The van der Waals surface area contributed by atoms with Gasteiger partial charge in [0, 0.05) is 10.7 Å². The summed E-state index contributed by atoms with van der Waals surface area (Å²) >= 11 is 1.15. The predicted octanol–water partition coefficient (Wildman–Crippen LogP) is 4.36. The lowest BCUT2D eigenvalue weighted by molar-refractivity contribution is -0.142. The third-order valence-corrected chi connectivity index (χ3v) is 11.2. The topological polar surface area (TPSA) is 136 Å². The number of halogens is 1. The Kier molecular flexibility index (Phi) is 7.08. The van der Waals surface area contributed by atoms with Crippen molar-refractivity contribution in [1.29, 1.82) is 0 Å². The van der Waals surface area contributed by atoms with Crippen molar-refractivity contribution in [3.63, 3.8) is 0 Å². The smallest absolute Gasteiger partial charge is 0.363 e. The number of hydrogen-bond donors (Lipinski definition) is 3. The van der Waals surface area contributed by atoms with E-state index >= 15 is 0 Å². The molecule has 4 heterocycles. The summed E-state index contributed by atoms with van der Waals surface area (Å²) in [5.74, 6) is -1.84. The van der Waals surface area contributed by atoms with E-state index in [1.54, 1.807) is 15.9 Å². The summed E-state index contributed by atoms with van der Waals surface area (Å²) in [6.45, 7) is 0.770. The summed E-state index contributed by atoms with van der Waals surface area (Å²) in [5, 5.41) is 3.41. The number of hydrogen-bond acceptors (Lipinski definition) is 6. The maximum atomic E-state index is 14.3.